The molecular weight excluding hydrogens is 274 g/mol. The van der Waals surface area contributed by atoms with Gasteiger partial charge >= 0.3 is 0 Å². The topological polar surface area (TPSA) is 58.4 Å². The number of nitrogens with zero attached hydrogens (tertiary/aromatic N) is 1. The van der Waals surface area contributed by atoms with Gasteiger partial charge in [0.1, 0.15) is 0 Å². The molecule has 0 bridgehead atoms. The van der Waals surface area contributed by atoms with Crippen LogP contribution in [0.3, 0.4) is 0 Å². The van der Waals surface area contributed by atoms with Gasteiger partial charge in [-0.25, -0.2) is 0 Å². The van der Waals surface area contributed by atoms with E-state index in [1.807, 2.05) is 0 Å². The lowest BCUT2D eigenvalue weighted by Gasteiger charge is -2.34. The Morgan fingerprint density at radius 1 is 1.18 bits per heavy atom. The number of hydrogen-bond acceptors (Lipinski definition) is 3. The van der Waals surface area contributed by atoms with Crippen LogP contribution in [0.2, 0.25) is 0 Å². The summed E-state index contributed by atoms with van der Waals surface area (Å²) in [7, 11) is 0. The van der Waals surface area contributed by atoms with Crippen LogP contribution in [-0.2, 0) is 11.2 Å². The number of fused-ring (bicyclic) bond motifs is 1. The molecule has 0 spiro atoms. The molecule has 3 rings (SSSR count). The van der Waals surface area contributed by atoms with Crippen molar-refractivity contribution in [1.29, 1.82) is 0 Å². The summed E-state index contributed by atoms with van der Waals surface area (Å²) in [5.41, 5.74) is 8.30. The molecule has 1 aliphatic heterocycles. The van der Waals surface area contributed by atoms with Crippen LogP contribution < -0.4 is 11.1 Å². The second-order valence-electron chi connectivity index (χ2n) is 6.68. The van der Waals surface area contributed by atoms with Crippen LogP contribution in [-0.4, -0.2) is 36.5 Å². The number of primary amides is 1. The number of carbonyl (C=O) groups excluding carboxylic acids is 1. The van der Waals surface area contributed by atoms with Crippen molar-refractivity contribution in [3.8, 4) is 0 Å². The van der Waals surface area contributed by atoms with Gasteiger partial charge in [0.05, 0.1) is 6.54 Å². The molecule has 1 aromatic rings. The molecule has 1 fully saturated rings. The highest BCUT2D eigenvalue weighted by atomic mass is 16.1. The fourth-order valence-electron chi connectivity index (χ4n) is 3.86. The molecule has 1 aliphatic carbocycles. The third-order valence-electron chi connectivity index (χ3n) is 5.02. The molecule has 4 nitrogen and oxygen atoms in total. The molecular formula is C18H27N3O. The van der Waals surface area contributed by atoms with Gasteiger partial charge in [0.15, 0.2) is 0 Å². The van der Waals surface area contributed by atoms with Gasteiger partial charge in [-0.3, -0.25) is 9.69 Å². The lowest BCUT2D eigenvalue weighted by Crippen LogP contribution is -2.46. The van der Waals surface area contributed by atoms with E-state index in [2.05, 4.69) is 34.5 Å². The lowest BCUT2D eigenvalue weighted by molar-refractivity contribution is -0.119. The monoisotopic (exact) mass is 301 g/mol. The highest BCUT2D eigenvalue weighted by molar-refractivity contribution is 5.75. The van der Waals surface area contributed by atoms with Gasteiger partial charge in [0, 0.05) is 25.2 Å². The highest BCUT2D eigenvalue weighted by Crippen LogP contribution is 2.29. The third kappa shape index (κ3) is 3.87. The summed E-state index contributed by atoms with van der Waals surface area (Å²) in [5.74, 6) is -0.218. The predicted octanol–water partition coefficient (Wildman–Crippen LogP) is 1.99. The first-order valence-electron chi connectivity index (χ1n) is 8.57. The Balaban J connectivity index is 1.59. The largest absolute Gasteiger partial charge is 0.369 e. The van der Waals surface area contributed by atoms with Gasteiger partial charge in [-0.1, -0.05) is 30.7 Å². The molecule has 1 aromatic carbocycles. The van der Waals surface area contributed by atoms with Crippen LogP contribution in [0.5, 0.6) is 0 Å². The van der Waals surface area contributed by atoms with Crippen molar-refractivity contribution < 1.29 is 4.79 Å². The summed E-state index contributed by atoms with van der Waals surface area (Å²) < 4.78 is 0. The standard InChI is InChI=1S/C18H27N3O/c19-18(22)13-21-11-9-15(10-12-21)20-17-8-4-2-6-14-5-1-3-7-16(14)17/h1,3,5,7,15,17,20H,2,4,6,8-13H2,(H2,19,22)/t17-/m1/s1. The van der Waals surface area contributed by atoms with Crippen LogP contribution in [0.25, 0.3) is 0 Å². The van der Waals surface area contributed by atoms with Crippen molar-refractivity contribution in [3.63, 3.8) is 0 Å². The van der Waals surface area contributed by atoms with E-state index in [1.165, 1.54) is 36.8 Å². The van der Waals surface area contributed by atoms with E-state index in [9.17, 15) is 4.79 Å². The zero-order valence-electron chi connectivity index (χ0n) is 13.3. The summed E-state index contributed by atoms with van der Waals surface area (Å²) in [4.78, 5) is 13.2. The predicted molar refractivity (Wildman–Crippen MR) is 88.5 cm³/mol. The van der Waals surface area contributed by atoms with Crippen molar-refractivity contribution >= 4 is 5.91 Å². The molecule has 2 aliphatic rings. The second kappa shape index (κ2) is 7.25. The molecule has 0 saturated carbocycles. The van der Waals surface area contributed by atoms with Crippen molar-refractivity contribution in [2.45, 2.75) is 50.6 Å². The minimum atomic E-state index is -0.218. The average Bonchev–Trinajstić information content (AvgIpc) is 2.71. The molecule has 1 saturated heterocycles. The summed E-state index contributed by atoms with van der Waals surface area (Å²) in [6, 6.07) is 9.94. The second-order valence-corrected chi connectivity index (χ2v) is 6.68. The van der Waals surface area contributed by atoms with E-state index < -0.39 is 0 Å². The van der Waals surface area contributed by atoms with Crippen LogP contribution in [0, 0.1) is 0 Å². The number of hydrogen-bond donors (Lipinski definition) is 2. The maximum Gasteiger partial charge on any atom is 0.231 e. The number of nitrogens with two attached hydrogens (primary N) is 1. The van der Waals surface area contributed by atoms with Crippen LogP contribution >= 0.6 is 0 Å². The Kier molecular flexibility index (Phi) is 5.11. The summed E-state index contributed by atoms with van der Waals surface area (Å²) >= 11 is 0. The molecule has 1 amide bonds. The molecule has 120 valence electrons. The molecule has 1 heterocycles. The number of benzene rings is 1. The van der Waals surface area contributed by atoms with Gasteiger partial charge in [-0.15, -0.1) is 0 Å². The maximum absolute atomic E-state index is 11.0. The first kappa shape index (κ1) is 15.5. The van der Waals surface area contributed by atoms with Crippen molar-refractivity contribution in [2.24, 2.45) is 5.73 Å². The Bertz CT molecular complexity index is 509. The van der Waals surface area contributed by atoms with Gasteiger partial charge in [-0.2, -0.15) is 0 Å². The number of carbonyl (C=O) groups is 1. The summed E-state index contributed by atoms with van der Waals surface area (Å²) in [5, 5.41) is 3.89. The summed E-state index contributed by atoms with van der Waals surface area (Å²) in [6.07, 6.45) is 7.25. The van der Waals surface area contributed by atoms with Crippen molar-refractivity contribution in [1.82, 2.24) is 10.2 Å². The minimum Gasteiger partial charge on any atom is -0.369 e. The van der Waals surface area contributed by atoms with E-state index in [-0.39, 0.29) is 5.91 Å². The first-order valence-corrected chi connectivity index (χ1v) is 8.57. The first-order chi connectivity index (χ1) is 10.7. The molecule has 4 heteroatoms. The van der Waals surface area contributed by atoms with E-state index in [0.717, 1.165) is 25.9 Å². The van der Waals surface area contributed by atoms with E-state index in [1.54, 1.807) is 0 Å². The Hall–Kier alpha value is -1.39. The fraction of sp³-hybridized carbons (Fsp3) is 0.611. The third-order valence-corrected chi connectivity index (χ3v) is 5.02. The highest BCUT2D eigenvalue weighted by Gasteiger charge is 2.24. The maximum atomic E-state index is 11.0. The van der Waals surface area contributed by atoms with Gasteiger partial charge < -0.3 is 11.1 Å². The molecule has 3 N–H and O–H groups in total. The smallest absolute Gasteiger partial charge is 0.231 e. The van der Waals surface area contributed by atoms with E-state index >= 15 is 0 Å². The molecule has 1 atom stereocenters. The Morgan fingerprint density at radius 2 is 1.95 bits per heavy atom. The number of aryl methyl sites for hydroxylation is 1. The zero-order chi connectivity index (χ0) is 15.4. The number of rotatable bonds is 4. The van der Waals surface area contributed by atoms with Gasteiger partial charge in [0.2, 0.25) is 5.91 Å². The van der Waals surface area contributed by atoms with E-state index in [4.69, 9.17) is 5.73 Å². The Morgan fingerprint density at radius 3 is 2.73 bits per heavy atom. The fourth-order valence-corrected chi connectivity index (χ4v) is 3.86. The molecule has 22 heavy (non-hydrogen) atoms. The average molecular weight is 301 g/mol. The Labute approximate surface area is 133 Å². The normalized spacial score (nSPS) is 23.7. The SMILES string of the molecule is NC(=O)CN1CCC(N[C@@H]2CCCCc3ccccc32)CC1. The van der Waals surface area contributed by atoms with Crippen LogP contribution in [0.4, 0.5) is 0 Å². The number of amides is 1. The number of likely N-dealkylation sites (tertiary alicyclic amines) is 1. The number of piperidine rings is 1. The van der Waals surface area contributed by atoms with Crippen molar-refractivity contribution in [3.05, 3.63) is 35.4 Å². The van der Waals surface area contributed by atoms with Crippen LogP contribution in [0.1, 0.15) is 49.3 Å². The molecule has 0 radical (unpaired) electrons. The number of nitrogens with one attached hydrogen (secondary N) is 1. The minimum absolute atomic E-state index is 0.218. The quantitative estimate of drug-likeness (QED) is 0.836. The van der Waals surface area contributed by atoms with Gasteiger partial charge in [0.25, 0.3) is 0 Å². The summed E-state index contributed by atoms with van der Waals surface area (Å²) in [6.45, 7) is 2.34. The van der Waals surface area contributed by atoms with E-state index in [0.29, 0.717) is 18.6 Å². The van der Waals surface area contributed by atoms with Crippen LogP contribution in [0.15, 0.2) is 24.3 Å². The lowest BCUT2D eigenvalue weighted by atomic mass is 9.96. The van der Waals surface area contributed by atoms with Gasteiger partial charge in [-0.05, 0) is 43.2 Å². The van der Waals surface area contributed by atoms with Crippen molar-refractivity contribution in [2.75, 3.05) is 19.6 Å². The zero-order valence-corrected chi connectivity index (χ0v) is 13.3. The molecule has 0 aromatic heterocycles. The molecule has 0 unspecified atom stereocenters.